The van der Waals surface area contributed by atoms with Crippen molar-refractivity contribution in [1.82, 2.24) is 10.3 Å². The Morgan fingerprint density at radius 3 is 2.77 bits per heavy atom. The molecule has 1 amide bonds. The topological polar surface area (TPSA) is 54.0 Å². The quantitative estimate of drug-likeness (QED) is 0.773. The summed E-state index contributed by atoms with van der Waals surface area (Å²) < 4.78 is 13.5. The molecule has 0 unspecified atom stereocenters. The van der Waals surface area contributed by atoms with Gasteiger partial charge in [-0.3, -0.25) is 4.79 Å². The molecule has 4 nitrogen and oxygen atoms in total. The van der Waals surface area contributed by atoms with Crippen LogP contribution in [-0.2, 0) is 6.42 Å². The van der Waals surface area contributed by atoms with Crippen LogP contribution in [0.4, 0.5) is 10.1 Å². The summed E-state index contributed by atoms with van der Waals surface area (Å²) in [5, 5.41) is 5.81. The third kappa shape index (κ3) is 4.41. The number of halogens is 1. The highest BCUT2D eigenvalue weighted by Crippen LogP contribution is 2.09. The van der Waals surface area contributed by atoms with E-state index < -0.39 is 0 Å². The van der Waals surface area contributed by atoms with Gasteiger partial charge in [-0.2, -0.15) is 0 Å². The lowest BCUT2D eigenvalue weighted by Gasteiger charge is -2.07. The van der Waals surface area contributed by atoms with Gasteiger partial charge in [-0.25, -0.2) is 9.37 Å². The van der Waals surface area contributed by atoms with E-state index in [9.17, 15) is 9.18 Å². The van der Waals surface area contributed by atoms with Crippen LogP contribution in [0.3, 0.4) is 0 Å². The summed E-state index contributed by atoms with van der Waals surface area (Å²) in [6, 6.07) is 10.1. The van der Waals surface area contributed by atoms with Crippen molar-refractivity contribution in [2.24, 2.45) is 0 Å². The largest absolute Gasteiger partial charge is 0.383 e. The number of pyridine rings is 1. The number of nitrogens with one attached hydrogen (secondary N) is 2. The first-order chi connectivity index (χ1) is 10.7. The number of hydrogen-bond donors (Lipinski definition) is 2. The Kier molecular flexibility index (Phi) is 5.65. The van der Waals surface area contributed by atoms with Crippen LogP contribution < -0.4 is 10.6 Å². The first-order valence-electron chi connectivity index (χ1n) is 7.03. The Morgan fingerprint density at radius 1 is 1.27 bits per heavy atom. The van der Waals surface area contributed by atoms with E-state index >= 15 is 0 Å². The fourth-order valence-electron chi connectivity index (χ4n) is 1.93. The van der Waals surface area contributed by atoms with Crippen molar-refractivity contribution in [3.05, 3.63) is 72.3 Å². The van der Waals surface area contributed by atoms with Crippen LogP contribution in [-0.4, -0.2) is 24.0 Å². The van der Waals surface area contributed by atoms with Gasteiger partial charge in [0.05, 0.1) is 11.9 Å². The fraction of sp³-hybridized carbons (Fsp3) is 0.176. The summed E-state index contributed by atoms with van der Waals surface area (Å²) in [5.41, 5.74) is 1.81. The Balaban J connectivity index is 1.85. The molecule has 5 heteroatoms. The Hall–Kier alpha value is -2.69. The van der Waals surface area contributed by atoms with Crippen LogP contribution in [0, 0.1) is 5.82 Å². The number of benzene rings is 1. The standard InChI is InChI=1S/C17H18FN3O/c1-2-10-20-17(22)16-8-7-14(12-21-16)19-11-9-13-5-3-4-6-15(13)18/h2-8,12,19H,1,9-11H2,(H,20,22). The van der Waals surface area contributed by atoms with Gasteiger partial charge in [0, 0.05) is 13.1 Å². The Labute approximate surface area is 129 Å². The molecule has 0 aliphatic rings. The van der Waals surface area contributed by atoms with Crippen molar-refractivity contribution in [3.63, 3.8) is 0 Å². The minimum absolute atomic E-state index is 0.198. The zero-order chi connectivity index (χ0) is 15.8. The third-order valence-electron chi connectivity index (χ3n) is 3.08. The number of aromatic nitrogens is 1. The molecule has 0 radical (unpaired) electrons. The zero-order valence-electron chi connectivity index (χ0n) is 12.2. The highest BCUT2D eigenvalue weighted by Gasteiger charge is 2.05. The second-order valence-electron chi connectivity index (χ2n) is 4.70. The average molecular weight is 299 g/mol. The van der Waals surface area contributed by atoms with Crippen LogP contribution in [0.2, 0.25) is 0 Å². The van der Waals surface area contributed by atoms with Crippen molar-refractivity contribution < 1.29 is 9.18 Å². The molecule has 22 heavy (non-hydrogen) atoms. The van der Waals surface area contributed by atoms with E-state index in [1.165, 1.54) is 6.07 Å². The molecule has 1 heterocycles. The van der Waals surface area contributed by atoms with Gasteiger partial charge in [0.25, 0.3) is 5.91 Å². The molecule has 2 aromatic rings. The molecular formula is C17H18FN3O. The monoisotopic (exact) mass is 299 g/mol. The van der Waals surface area contributed by atoms with E-state index in [-0.39, 0.29) is 11.7 Å². The Bertz CT molecular complexity index is 641. The van der Waals surface area contributed by atoms with E-state index in [1.807, 2.05) is 6.07 Å². The van der Waals surface area contributed by atoms with E-state index in [4.69, 9.17) is 0 Å². The normalized spacial score (nSPS) is 10.0. The van der Waals surface area contributed by atoms with Gasteiger partial charge in [0.15, 0.2) is 0 Å². The number of nitrogens with zero attached hydrogens (tertiary/aromatic N) is 1. The lowest BCUT2D eigenvalue weighted by Crippen LogP contribution is -2.24. The van der Waals surface area contributed by atoms with E-state index in [0.717, 1.165) is 5.69 Å². The molecule has 0 saturated carbocycles. The maximum atomic E-state index is 13.5. The molecule has 2 N–H and O–H groups in total. The number of hydrogen-bond acceptors (Lipinski definition) is 3. The van der Waals surface area contributed by atoms with E-state index in [2.05, 4.69) is 22.2 Å². The SMILES string of the molecule is C=CCNC(=O)c1ccc(NCCc2ccccc2F)cn1. The van der Waals surface area contributed by atoms with E-state index in [1.54, 1.807) is 36.5 Å². The number of anilines is 1. The summed E-state index contributed by atoms with van der Waals surface area (Å²) in [6.07, 6.45) is 3.77. The van der Waals surface area contributed by atoms with Crippen LogP contribution >= 0.6 is 0 Å². The second kappa shape index (κ2) is 7.93. The van der Waals surface area contributed by atoms with Crippen molar-refractivity contribution in [3.8, 4) is 0 Å². The van der Waals surface area contributed by atoms with Crippen LogP contribution in [0.15, 0.2) is 55.3 Å². The minimum Gasteiger partial charge on any atom is -0.383 e. The van der Waals surface area contributed by atoms with Gasteiger partial charge >= 0.3 is 0 Å². The van der Waals surface area contributed by atoms with Crippen molar-refractivity contribution >= 4 is 11.6 Å². The highest BCUT2D eigenvalue weighted by atomic mass is 19.1. The van der Waals surface area contributed by atoms with Gasteiger partial charge in [-0.15, -0.1) is 6.58 Å². The van der Waals surface area contributed by atoms with Gasteiger partial charge in [0.1, 0.15) is 11.5 Å². The predicted molar refractivity (Wildman–Crippen MR) is 85.4 cm³/mol. The second-order valence-corrected chi connectivity index (χ2v) is 4.70. The molecular weight excluding hydrogens is 281 g/mol. The molecule has 0 aliphatic carbocycles. The number of amides is 1. The molecule has 1 aromatic carbocycles. The van der Waals surface area contributed by atoms with Gasteiger partial charge in [-0.05, 0) is 30.2 Å². The van der Waals surface area contributed by atoms with Crippen LogP contribution in [0.25, 0.3) is 0 Å². The van der Waals surface area contributed by atoms with Crippen LogP contribution in [0.1, 0.15) is 16.1 Å². The van der Waals surface area contributed by atoms with Gasteiger partial charge in [0.2, 0.25) is 0 Å². The number of carbonyl (C=O) groups is 1. The van der Waals surface area contributed by atoms with Gasteiger partial charge in [-0.1, -0.05) is 24.3 Å². The lowest BCUT2D eigenvalue weighted by molar-refractivity contribution is 0.0953. The van der Waals surface area contributed by atoms with Crippen LogP contribution in [0.5, 0.6) is 0 Å². The Morgan fingerprint density at radius 2 is 2.09 bits per heavy atom. The first-order valence-corrected chi connectivity index (χ1v) is 7.03. The predicted octanol–water partition coefficient (Wildman–Crippen LogP) is 2.79. The molecule has 0 aliphatic heterocycles. The van der Waals surface area contributed by atoms with Crippen molar-refractivity contribution in [2.75, 3.05) is 18.4 Å². The number of carbonyl (C=O) groups excluding carboxylic acids is 1. The maximum Gasteiger partial charge on any atom is 0.270 e. The number of rotatable bonds is 7. The summed E-state index contributed by atoms with van der Waals surface area (Å²) in [4.78, 5) is 15.8. The van der Waals surface area contributed by atoms with Crippen molar-refractivity contribution in [2.45, 2.75) is 6.42 Å². The van der Waals surface area contributed by atoms with Crippen molar-refractivity contribution in [1.29, 1.82) is 0 Å². The summed E-state index contributed by atoms with van der Waals surface area (Å²) in [5.74, 6) is -0.436. The summed E-state index contributed by atoms with van der Waals surface area (Å²) >= 11 is 0. The molecule has 2 rings (SSSR count). The summed E-state index contributed by atoms with van der Waals surface area (Å²) in [7, 11) is 0. The molecule has 0 spiro atoms. The average Bonchev–Trinajstić information content (AvgIpc) is 2.55. The smallest absolute Gasteiger partial charge is 0.270 e. The molecule has 1 aromatic heterocycles. The minimum atomic E-state index is -0.238. The maximum absolute atomic E-state index is 13.5. The fourth-order valence-corrected chi connectivity index (χ4v) is 1.93. The zero-order valence-corrected chi connectivity index (χ0v) is 12.2. The molecule has 0 atom stereocenters. The molecule has 0 bridgehead atoms. The lowest BCUT2D eigenvalue weighted by atomic mass is 10.1. The first kappa shape index (κ1) is 15.7. The molecule has 0 saturated heterocycles. The highest BCUT2D eigenvalue weighted by molar-refractivity contribution is 5.92. The molecule has 114 valence electrons. The van der Waals surface area contributed by atoms with E-state index in [0.29, 0.717) is 30.8 Å². The van der Waals surface area contributed by atoms with Gasteiger partial charge < -0.3 is 10.6 Å². The third-order valence-corrected chi connectivity index (χ3v) is 3.08. The summed E-state index contributed by atoms with van der Waals surface area (Å²) in [6.45, 7) is 4.53. The molecule has 0 fully saturated rings.